The topological polar surface area (TPSA) is 91.1 Å². The van der Waals surface area contributed by atoms with Crippen LogP contribution < -0.4 is 4.74 Å². The second-order valence-electron chi connectivity index (χ2n) is 9.46. The molecule has 1 fully saturated rings. The Morgan fingerprint density at radius 1 is 1.11 bits per heavy atom. The van der Waals surface area contributed by atoms with E-state index in [4.69, 9.17) is 9.84 Å². The lowest BCUT2D eigenvalue weighted by Crippen LogP contribution is -2.43. The lowest BCUT2D eigenvalue weighted by Gasteiger charge is -2.31. The summed E-state index contributed by atoms with van der Waals surface area (Å²) in [6.07, 6.45) is 1.84. The van der Waals surface area contributed by atoms with E-state index in [0.29, 0.717) is 31.9 Å². The van der Waals surface area contributed by atoms with E-state index in [1.807, 2.05) is 41.1 Å². The number of aromatic hydroxyl groups is 1. The van der Waals surface area contributed by atoms with Gasteiger partial charge in [0.2, 0.25) is 0 Å². The number of carbonyl (C=O) groups is 1. The van der Waals surface area contributed by atoms with Crippen LogP contribution in [0.3, 0.4) is 0 Å². The molecule has 0 spiro atoms. The van der Waals surface area contributed by atoms with Gasteiger partial charge >= 0.3 is 0 Å². The van der Waals surface area contributed by atoms with Gasteiger partial charge in [-0.05, 0) is 48.2 Å². The van der Waals surface area contributed by atoms with Crippen LogP contribution in [0.1, 0.15) is 45.7 Å². The van der Waals surface area contributed by atoms with E-state index in [2.05, 4.69) is 4.90 Å². The van der Waals surface area contributed by atoms with Crippen molar-refractivity contribution < 1.29 is 19.7 Å². The summed E-state index contributed by atoms with van der Waals surface area (Å²) in [5, 5.41) is 24.6. The van der Waals surface area contributed by atoms with Gasteiger partial charge in [0.15, 0.2) is 5.69 Å². The number of phenols is 1. The zero-order chi connectivity index (χ0) is 24.4. The summed E-state index contributed by atoms with van der Waals surface area (Å²) in [4.78, 5) is 17.6. The third-order valence-electron chi connectivity index (χ3n) is 6.91. The number of benzene rings is 2. The van der Waals surface area contributed by atoms with Crippen molar-refractivity contribution in [2.24, 2.45) is 0 Å². The third-order valence-corrected chi connectivity index (χ3v) is 6.91. The molecular formula is C27H32N4O4. The van der Waals surface area contributed by atoms with Gasteiger partial charge in [-0.2, -0.15) is 5.10 Å². The van der Waals surface area contributed by atoms with E-state index >= 15 is 0 Å². The molecule has 1 atom stereocenters. The van der Waals surface area contributed by atoms with Gasteiger partial charge in [0.1, 0.15) is 11.5 Å². The van der Waals surface area contributed by atoms with E-state index in [9.17, 15) is 15.0 Å². The van der Waals surface area contributed by atoms with Crippen LogP contribution in [-0.4, -0.2) is 68.5 Å². The SMILES string of the molecule is COc1cccc(Cn2nc(C(=O)N3CCCC(O)C3)c3c2CCN(Cc2ccc(O)cc2)C3)c1. The fraction of sp³-hybridized carbons (Fsp3) is 0.407. The van der Waals surface area contributed by atoms with Crippen molar-refractivity contribution in [1.82, 2.24) is 19.6 Å². The lowest BCUT2D eigenvalue weighted by molar-refractivity contribution is 0.0466. The highest BCUT2D eigenvalue weighted by Crippen LogP contribution is 2.27. The molecule has 2 aliphatic rings. The lowest BCUT2D eigenvalue weighted by atomic mass is 10.0. The smallest absolute Gasteiger partial charge is 0.274 e. The van der Waals surface area contributed by atoms with Gasteiger partial charge < -0.3 is 19.8 Å². The molecule has 35 heavy (non-hydrogen) atoms. The number of phenolic OH excluding ortho intramolecular Hbond substituents is 1. The molecule has 1 aromatic heterocycles. The van der Waals surface area contributed by atoms with Gasteiger partial charge in [0.05, 0.1) is 19.8 Å². The minimum Gasteiger partial charge on any atom is -0.508 e. The summed E-state index contributed by atoms with van der Waals surface area (Å²) in [6.45, 7) is 3.78. The van der Waals surface area contributed by atoms with Crippen molar-refractivity contribution in [3.05, 3.63) is 76.6 Å². The zero-order valence-corrected chi connectivity index (χ0v) is 20.1. The number of β-amino-alcohol motifs (C(OH)–C–C–N with tert-alkyl or cyclic N) is 1. The Bertz CT molecular complexity index is 1190. The van der Waals surface area contributed by atoms with Crippen molar-refractivity contribution >= 4 is 5.91 Å². The number of amides is 1. The molecule has 1 saturated heterocycles. The van der Waals surface area contributed by atoms with Crippen LogP contribution in [0, 0.1) is 0 Å². The van der Waals surface area contributed by atoms with Crippen LogP contribution in [0.5, 0.6) is 11.5 Å². The number of carbonyl (C=O) groups excluding carboxylic acids is 1. The highest BCUT2D eigenvalue weighted by atomic mass is 16.5. The first-order chi connectivity index (χ1) is 17.0. The fourth-order valence-electron chi connectivity index (χ4n) is 5.08. The van der Waals surface area contributed by atoms with E-state index in [1.54, 1.807) is 24.1 Å². The van der Waals surface area contributed by atoms with Crippen LogP contribution in [0.25, 0.3) is 0 Å². The predicted octanol–water partition coefficient (Wildman–Crippen LogP) is 2.80. The molecule has 0 radical (unpaired) electrons. The summed E-state index contributed by atoms with van der Waals surface area (Å²) in [6, 6.07) is 15.2. The molecule has 1 unspecified atom stereocenters. The highest BCUT2D eigenvalue weighted by Gasteiger charge is 2.32. The number of rotatable bonds is 6. The van der Waals surface area contributed by atoms with Crippen LogP contribution in [-0.2, 0) is 26.1 Å². The van der Waals surface area contributed by atoms with Crippen molar-refractivity contribution in [1.29, 1.82) is 0 Å². The molecule has 5 rings (SSSR count). The molecule has 2 aromatic carbocycles. The Kier molecular flexibility index (Phi) is 6.74. The number of piperidine rings is 1. The van der Waals surface area contributed by atoms with Gasteiger partial charge in [0.25, 0.3) is 5.91 Å². The number of aliphatic hydroxyl groups is 1. The molecule has 8 nitrogen and oxygen atoms in total. The normalized spacial score (nSPS) is 18.3. The number of methoxy groups -OCH3 is 1. The van der Waals surface area contributed by atoms with Crippen molar-refractivity contribution in [3.8, 4) is 11.5 Å². The third kappa shape index (κ3) is 5.18. The molecule has 0 bridgehead atoms. The summed E-state index contributed by atoms with van der Waals surface area (Å²) in [5.41, 5.74) is 4.74. The van der Waals surface area contributed by atoms with E-state index in [0.717, 1.165) is 60.5 Å². The molecule has 1 amide bonds. The van der Waals surface area contributed by atoms with Gasteiger partial charge in [-0.3, -0.25) is 14.4 Å². The van der Waals surface area contributed by atoms with Crippen molar-refractivity contribution in [3.63, 3.8) is 0 Å². The van der Waals surface area contributed by atoms with E-state index in [1.165, 1.54) is 0 Å². The number of aromatic nitrogens is 2. The van der Waals surface area contributed by atoms with E-state index < -0.39 is 6.10 Å². The maximum atomic E-state index is 13.6. The molecule has 3 aromatic rings. The average molecular weight is 477 g/mol. The molecule has 3 heterocycles. The summed E-state index contributed by atoms with van der Waals surface area (Å²) in [5.74, 6) is 0.947. The standard InChI is InChI=1S/C27H32N4O4/c1-35-23-6-2-4-20(14-23)16-31-25-11-13-29(15-19-7-9-21(32)10-8-19)18-24(25)26(28-31)27(34)30-12-3-5-22(33)17-30/h2,4,6-10,14,22,32-33H,3,5,11-13,15-18H2,1H3. The summed E-state index contributed by atoms with van der Waals surface area (Å²) < 4.78 is 7.35. The van der Waals surface area contributed by atoms with Crippen LogP contribution in [0.4, 0.5) is 0 Å². The molecule has 0 saturated carbocycles. The van der Waals surface area contributed by atoms with E-state index in [-0.39, 0.29) is 11.7 Å². The van der Waals surface area contributed by atoms with Gasteiger partial charge in [-0.1, -0.05) is 24.3 Å². The Hall–Kier alpha value is -3.36. The summed E-state index contributed by atoms with van der Waals surface area (Å²) >= 11 is 0. The van der Waals surface area contributed by atoms with Gasteiger partial charge in [-0.15, -0.1) is 0 Å². The summed E-state index contributed by atoms with van der Waals surface area (Å²) in [7, 11) is 1.65. The second kappa shape index (κ2) is 10.1. The maximum absolute atomic E-state index is 13.6. The largest absolute Gasteiger partial charge is 0.508 e. The zero-order valence-electron chi connectivity index (χ0n) is 20.1. The molecular weight excluding hydrogens is 444 g/mol. The fourth-order valence-corrected chi connectivity index (χ4v) is 5.08. The van der Waals surface area contributed by atoms with Crippen LogP contribution in [0.15, 0.2) is 48.5 Å². The predicted molar refractivity (Wildman–Crippen MR) is 131 cm³/mol. The Morgan fingerprint density at radius 2 is 1.94 bits per heavy atom. The highest BCUT2D eigenvalue weighted by molar-refractivity contribution is 5.94. The molecule has 0 aliphatic carbocycles. The number of ether oxygens (including phenoxy) is 1. The molecule has 8 heteroatoms. The molecule has 184 valence electrons. The number of likely N-dealkylation sites (tertiary alicyclic amines) is 1. The first kappa shape index (κ1) is 23.4. The number of hydrogen-bond acceptors (Lipinski definition) is 6. The molecule has 2 aliphatic heterocycles. The van der Waals surface area contributed by atoms with Crippen molar-refractivity contribution in [2.75, 3.05) is 26.7 Å². The second-order valence-corrected chi connectivity index (χ2v) is 9.46. The van der Waals surface area contributed by atoms with Crippen LogP contribution >= 0.6 is 0 Å². The first-order valence-corrected chi connectivity index (χ1v) is 12.2. The Morgan fingerprint density at radius 3 is 2.71 bits per heavy atom. The van der Waals surface area contributed by atoms with Gasteiger partial charge in [-0.25, -0.2) is 0 Å². The Labute approximate surface area is 205 Å². The minimum absolute atomic E-state index is 0.101. The number of fused-ring (bicyclic) bond motifs is 1. The number of hydrogen-bond donors (Lipinski definition) is 2. The number of aliphatic hydroxyl groups excluding tert-OH is 1. The maximum Gasteiger partial charge on any atom is 0.274 e. The first-order valence-electron chi connectivity index (χ1n) is 12.2. The number of nitrogens with zero attached hydrogens (tertiary/aromatic N) is 4. The van der Waals surface area contributed by atoms with Crippen molar-refractivity contribution in [2.45, 2.75) is 45.0 Å². The van der Waals surface area contributed by atoms with Crippen LogP contribution in [0.2, 0.25) is 0 Å². The monoisotopic (exact) mass is 476 g/mol. The average Bonchev–Trinajstić information content (AvgIpc) is 3.22. The minimum atomic E-state index is -0.478. The quantitative estimate of drug-likeness (QED) is 0.569. The molecule has 2 N–H and O–H groups in total. The van der Waals surface area contributed by atoms with Gasteiger partial charge in [0, 0.05) is 50.4 Å². The Balaban J connectivity index is 1.44.